The molecule has 10 heteroatoms. The molecule has 144 valence electrons. The molecule has 1 atom stereocenters. The lowest BCUT2D eigenvalue weighted by molar-refractivity contribution is -0.138. The van der Waals surface area contributed by atoms with E-state index in [-0.39, 0.29) is 27.5 Å². The molecule has 2 heterocycles. The average Bonchev–Trinajstić information content (AvgIpc) is 3.07. The van der Waals surface area contributed by atoms with Crippen molar-refractivity contribution >= 4 is 50.9 Å². The van der Waals surface area contributed by atoms with Gasteiger partial charge < -0.3 is 10.0 Å². The second-order valence-corrected chi connectivity index (χ2v) is 8.38. The Morgan fingerprint density at radius 2 is 1.93 bits per heavy atom. The molecule has 0 aliphatic carbocycles. The van der Waals surface area contributed by atoms with E-state index in [1.165, 1.54) is 23.1 Å². The first-order valence-electron chi connectivity index (χ1n) is 8.06. The third-order valence-corrected chi connectivity index (χ3v) is 6.47. The number of benzene rings is 2. The summed E-state index contributed by atoms with van der Waals surface area (Å²) in [5, 5.41) is 8.43. The molecular weight excluding hydrogens is 413 g/mol. The minimum atomic E-state index is -1.14. The number of halogens is 3. The number of carboxylic acid groups (broad SMARTS) is 1. The zero-order valence-electron chi connectivity index (χ0n) is 14.0. The molecule has 0 fully saturated rings. The van der Waals surface area contributed by atoms with Crippen LogP contribution in [0.3, 0.4) is 0 Å². The molecule has 1 aliphatic heterocycles. The molecular formula is C18H11F3N2O3S2. The fraction of sp³-hybridized carbons (Fsp3) is 0.167. The molecule has 1 aromatic heterocycles. The van der Waals surface area contributed by atoms with Crippen molar-refractivity contribution in [2.24, 2.45) is 0 Å². The molecule has 1 N–H and O–H groups in total. The summed E-state index contributed by atoms with van der Waals surface area (Å²) in [5.41, 5.74) is 0.136. The zero-order chi connectivity index (χ0) is 20.0. The Hall–Kier alpha value is -2.59. The molecule has 5 nitrogen and oxygen atoms in total. The molecule has 0 bridgehead atoms. The van der Waals surface area contributed by atoms with Gasteiger partial charge in [-0.25, -0.2) is 18.2 Å². The first-order valence-corrected chi connectivity index (χ1v) is 9.76. The van der Waals surface area contributed by atoms with E-state index < -0.39 is 41.0 Å². The van der Waals surface area contributed by atoms with E-state index in [0.29, 0.717) is 4.90 Å². The molecule has 1 amide bonds. The van der Waals surface area contributed by atoms with Crippen molar-refractivity contribution in [2.45, 2.75) is 23.1 Å². The van der Waals surface area contributed by atoms with Crippen molar-refractivity contribution in [3.05, 3.63) is 52.8 Å². The largest absolute Gasteiger partial charge is 0.481 e. The monoisotopic (exact) mass is 424 g/mol. The fourth-order valence-electron chi connectivity index (χ4n) is 2.94. The van der Waals surface area contributed by atoms with Gasteiger partial charge in [-0.05, 0) is 30.3 Å². The van der Waals surface area contributed by atoms with E-state index >= 15 is 0 Å². The van der Waals surface area contributed by atoms with Gasteiger partial charge in [0.05, 0.1) is 28.6 Å². The highest BCUT2D eigenvalue weighted by Gasteiger charge is 2.35. The van der Waals surface area contributed by atoms with Gasteiger partial charge in [-0.2, -0.15) is 0 Å². The van der Waals surface area contributed by atoms with Crippen LogP contribution in [0.25, 0.3) is 10.2 Å². The van der Waals surface area contributed by atoms with Gasteiger partial charge in [0.15, 0.2) is 5.82 Å². The summed E-state index contributed by atoms with van der Waals surface area (Å²) >= 11 is 1.94. The number of nitrogens with zero attached hydrogens (tertiary/aromatic N) is 2. The molecule has 0 radical (unpaired) electrons. The summed E-state index contributed by atoms with van der Waals surface area (Å²) < 4.78 is 41.6. The Morgan fingerprint density at radius 1 is 1.18 bits per heavy atom. The summed E-state index contributed by atoms with van der Waals surface area (Å²) in [6.07, 6.45) is -0.403. The molecule has 1 aliphatic rings. The first-order chi connectivity index (χ1) is 13.3. The van der Waals surface area contributed by atoms with Crippen LogP contribution in [0, 0.1) is 17.5 Å². The zero-order valence-corrected chi connectivity index (χ0v) is 15.6. The summed E-state index contributed by atoms with van der Waals surface area (Å²) in [7, 11) is 0. The Morgan fingerprint density at radius 3 is 2.64 bits per heavy atom. The van der Waals surface area contributed by atoms with Crippen molar-refractivity contribution in [1.82, 2.24) is 4.98 Å². The van der Waals surface area contributed by atoms with Crippen LogP contribution < -0.4 is 4.90 Å². The van der Waals surface area contributed by atoms with Gasteiger partial charge in [0.25, 0.3) is 0 Å². The van der Waals surface area contributed by atoms with Crippen molar-refractivity contribution in [3.63, 3.8) is 0 Å². The van der Waals surface area contributed by atoms with Gasteiger partial charge in [-0.3, -0.25) is 9.59 Å². The Kier molecular flexibility index (Phi) is 4.76. The highest BCUT2D eigenvalue weighted by Crippen LogP contribution is 2.42. The Balaban J connectivity index is 1.76. The lowest BCUT2D eigenvalue weighted by Crippen LogP contribution is -2.41. The van der Waals surface area contributed by atoms with Crippen molar-refractivity contribution in [2.75, 3.05) is 4.90 Å². The minimum Gasteiger partial charge on any atom is -0.481 e. The number of fused-ring (bicyclic) bond motifs is 2. The number of hydrogen-bond acceptors (Lipinski definition) is 5. The van der Waals surface area contributed by atoms with Crippen LogP contribution in [0.5, 0.6) is 0 Å². The number of thioether (sulfide) groups is 1. The maximum atomic E-state index is 13.9. The highest BCUT2D eigenvalue weighted by molar-refractivity contribution is 8.01. The molecule has 4 rings (SSSR count). The number of carbonyl (C=O) groups excluding carboxylic acids is 1. The number of hydrogen-bond donors (Lipinski definition) is 1. The number of amides is 1. The van der Waals surface area contributed by atoms with Crippen LogP contribution in [-0.4, -0.2) is 27.2 Å². The second-order valence-electron chi connectivity index (χ2n) is 6.06. The molecule has 28 heavy (non-hydrogen) atoms. The van der Waals surface area contributed by atoms with Crippen LogP contribution in [0.2, 0.25) is 0 Å². The van der Waals surface area contributed by atoms with E-state index in [2.05, 4.69) is 4.98 Å². The molecule has 0 saturated heterocycles. The number of anilines is 1. The quantitative estimate of drug-likeness (QED) is 0.680. The SMILES string of the molecule is O=C(O)CC1Sc2ccc(F)cc2N(Cc2nc3c(F)ccc(F)c3s2)C1=O. The van der Waals surface area contributed by atoms with E-state index in [1.54, 1.807) is 0 Å². The average molecular weight is 424 g/mol. The molecule has 2 aromatic carbocycles. The smallest absolute Gasteiger partial charge is 0.305 e. The van der Waals surface area contributed by atoms with Crippen molar-refractivity contribution < 1.29 is 27.9 Å². The predicted octanol–water partition coefficient (Wildman–Crippen LogP) is 4.20. The third kappa shape index (κ3) is 3.33. The van der Waals surface area contributed by atoms with E-state index in [1.807, 2.05) is 0 Å². The van der Waals surface area contributed by atoms with Crippen molar-refractivity contribution in [1.29, 1.82) is 0 Å². The van der Waals surface area contributed by atoms with E-state index in [0.717, 1.165) is 35.2 Å². The normalized spacial score (nSPS) is 16.5. The summed E-state index contributed by atoms with van der Waals surface area (Å²) in [6, 6.07) is 5.83. The van der Waals surface area contributed by atoms with Gasteiger partial charge in [-0.1, -0.05) is 0 Å². The van der Waals surface area contributed by atoms with Crippen LogP contribution in [-0.2, 0) is 16.1 Å². The lowest BCUT2D eigenvalue weighted by Gasteiger charge is -2.32. The maximum Gasteiger partial charge on any atom is 0.305 e. The molecule has 3 aromatic rings. The molecule has 1 unspecified atom stereocenters. The van der Waals surface area contributed by atoms with Gasteiger partial charge >= 0.3 is 5.97 Å². The summed E-state index contributed by atoms with van der Waals surface area (Å²) in [5.74, 6) is -3.54. The van der Waals surface area contributed by atoms with Crippen LogP contribution in [0.1, 0.15) is 11.4 Å². The number of carbonyl (C=O) groups is 2. The van der Waals surface area contributed by atoms with E-state index in [9.17, 15) is 22.8 Å². The predicted molar refractivity (Wildman–Crippen MR) is 99.0 cm³/mol. The number of aliphatic carboxylic acids is 1. The van der Waals surface area contributed by atoms with Gasteiger partial charge in [0.2, 0.25) is 5.91 Å². The summed E-state index contributed by atoms with van der Waals surface area (Å²) in [6.45, 7) is -0.149. The van der Waals surface area contributed by atoms with Crippen LogP contribution >= 0.6 is 23.1 Å². The topological polar surface area (TPSA) is 70.5 Å². The highest BCUT2D eigenvalue weighted by atomic mass is 32.2. The third-order valence-electron chi connectivity index (χ3n) is 4.17. The first kappa shape index (κ1) is 18.8. The molecule has 0 saturated carbocycles. The maximum absolute atomic E-state index is 13.9. The Bertz CT molecular complexity index is 1080. The summed E-state index contributed by atoms with van der Waals surface area (Å²) in [4.78, 5) is 29.8. The van der Waals surface area contributed by atoms with Gasteiger partial charge in [0.1, 0.15) is 22.2 Å². The second kappa shape index (κ2) is 7.10. The minimum absolute atomic E-state index is 0.0235. The van der Waals surface area contributed by atoms with Crippen LogP contribution in [0.4, 0.5) is 18.9 Å². The number of rotatable bonds is 4. The fourth-order valence-corrected chi connectivity index (χ4v) is 5.11. The van der Waals surface area contributed by atoms with Crippen LogP contribution in [0.15, 0.2) is 35.2 Å². The number of carboxylic acids is 1. The number of aromatic nitrogens is 1. The van der Waals surface area contributed by atoms with Crippen molar-refractivity contribution in [3.8, 4) is 0 Å². The number of thiazole rings is 1. The van der Waals surface area contributed by atoms with Gasteiger partial charge in [-0.15, -0.1) is 23.1 Å². The van der Waals surface area contributed by atoms with E-state index in [4.69, 9.17) is 5.11 Å². The standard InChI is InChI=1S/C18H11F3N2O3S2/c19-8-1-4-12-11(5-8)23(18(26)13(27-12)6-15(24)25)7-14-22-16-9(20)2-3-10(21)17(16)28-14/h1-5,13H,6-7H2,(H,24,25). The van der Waals surface area contributed by atoms with Gasteiger partial charge in [0, 0.05) is 4.90 Å². The Labute approximate surface area is 164 Å². The molecule has 0 spiro atoms. The lowest BCUT2D eigenvalue weighted by atomic mass is 10.2.